The molecule has 194 valence electrons. The Morgan fingerprint density at radius 3 is 2.68 bits per heavy atom. The lowest BCUT2D eigenvalue weighted by Crippen LogP contribution is -2.47. The van der Waals surface area contributed by atoms with Crippen LogP contribution >= 0.6 is 0 Å². The number of rotatable bonds is 10. The van der Waals surface area contributed by atoms with E-state index in [1.807, 2.05) is 73.7 Å². The van der Waals surface area contributed by atoms with Gasteiger partial charge < -0.3 is 23.8 Å². The zero-order valence-electron chi connectivity index (χ0n) is 21.6. The summed E-state index contributed by atoms with van der Waals surface area (Å²) >= 11 is 0. The van der Waals surface area contributed by atoms with E-state index in [0.29, 0.717) is 37.8 Å². The number of aryl methyl sites for hydroxylation is 1. The number of nitrogens with zero attached hydrogens (tertiary/aromatic N) is 3. The smallest absolute Gasteiger partial charge is 0.251 e. The van der Waals surface area contributed by atoms with Crippen LogP contribution in [0.5, 0.6) is 11.5 Å². The number of fused-ring (bicyclic) bond motifs is 1. The van der Waals surface area contributed by atoms with E-state index in [9.17, 15) is 4.79 Å². The molecule has 0 saturated carbocycles. The number of ether oxygens (including phenoxy) is 2. The van der Waals surface area contributed by atoms with Crippen LogP contribution in [0.15, 0.2) is 65.3 Å². The predicted molar refractivity (Wildman–Crippen MR) is 141 cm³/mol. The molecule has 2 aliphatic rings. The van der Waals surface area contributed by atoms with Crippen LogP contribution in [0.4, 0.5) is 0 Å². The predicted octanol–water partition coefficient (Wildman–Crippen LogP) is 5.36. The minimum absolute atomic E-state index is 0.00331. The Kier molecular flexibility index (Phi) is 7.46. The van der Waals surface area contributed by atoms with Gasteiger partial charge in [-0.05, 0) is 57.0 Å². The first-order valence-corrected chi connectivity index (χ1v) is 13.0. The third-order valence-corrected chi connectivity index (χ3v) is 6.75. The Hall–Kier alpha value is -3.78. The number of hydrogen-bond acceptors (Lipinski definition) is 7. The highest BCUT2D eigenvalue weighted by Crippen LogP contribution is 2.36. The van der Waals surface area contributed by atoms with Gasteiger partial charge in [-0.25, -0.2) is 10.4 Å². The molecule has 8 heteroatoms. The molecule has 0 aliphatic carbocycles. The molecule has 3 aromatic rings. The Bertz CT molecular complexity index is 1250. The van der Waals surface area contributed by atoms with Crippen molar-refractivity contribution in [1.29, 1.82) is 0 Å². The third-order valence-electron chi connectivity index (χ3n) is 6.75. The number of carbonyl (C=O) groups excluding carboxylic acids is 1. The molecule has 0 spiro atoms. The molecule has 2 aliphatic heterocycles. The van der Waals surface area contributed by atoms with Crippen molar-refractivity contribution in [2.75, 3.05) is 13.2 Å². The van der Waals surface area contributed by atoms with Gasteiger partial charge in [-0.1, -0.05) is 31.5 Å². The zero-order valence-corrected chi connectivity index (χ0v) is 21.6. The Morgan fingerprint density at radius 1 is 1.08 bits per heavy atom. The molecular weight excluding hydrogens is 468 g/mol. The number of para-hydroxylation sites is 1. The Morgan fingerprint density at radius 2 is 1.89 bits per heavy atom. The lowest BCUT2D eigenvalue weighted by Gasteiger charge is -2.31. The quantitative estimate of drug-likeness (QED) is 0.374. The van der Waals surface area contributed by atoms with E-state index in [4.69, 9.17) is 18.9 Å². The van der Waals surface area contributed by atoms with Crippen LogP contribution in [-0.4, -0.2) is 40.1 Å². The van der Waals surface area contributed by atoms with E-state index in [0.717, 1.165) is 41.2 Å². The molecule has 1 saturated heterocycles. The Balaban J connectivity index is 1.26. The summed E-state index contributed by atoms with van der Waals surface area (Å²) in [6.45, 7) is 7.65. The molecule has 37 heavy (non-hydrogen) atoms. The fourth-order valence-electron chi connectivity index (χ4n) is 4.72. The molecule has 2 atom stereocenters. The number of hydrogen-bond donors (Lipinski definition) is 1. The van der Waals surface area contributed by atoms with Crippen LogP contribution in [0.2, 0.25) is 0 Å². The van der Waals surface area contributed by atoms with Gasteiger partial charge in [0, 0.05) is 23.5 Å². The maximum absolute atomic E-state index is 13.5. The molecule has 5 rings (SSSR count). The molecule has 2 unspecified atom stereocenters. The standard InChI is InChI=1S/C29H34N4O4/c1-4-6-17-36-27-10-8-7-9-23(27)24-18-26-29(34)32(15-16-33(26)31-24)19-25-20(3)37-28(30-25)21-11-13-22(14-12-21)35-5-2/h7-16,24,26,31H,4-6,17-19H2,1-3H3. The van der Waals surface area contributed by atoms with Gasteiger partial charge in [0.2, 0.25) is 5.89 Å². The molecular formula is C29H34N4O4. The first-order chi connectivity index (χ1) is 18.1. The summed E-state index contributed by atoms with van der Waals surface area (Å²) in [5, 5.41) is 1.91. The van der Waals surface area contributed by atoms with E-state index < -0.39 is 0 Å². The van der Waals surface area contributed by atoms with E-state index in [1.54, 1.807) is 4.90 Å². The number of aromatic nitrogens is 1. The normalized spacial score (nSPS) is 18.8. The highest BCUT2D eigenvalue weighted by Gasteiger charge is 2.41. The highest BCUT2D eigenvalue weighted by molar-refractivity contribution is 5.84. The SMILES string of the molecule is CCCCOc1ccccc1C1CC2C(=O)N(Cc3nc(-c4ccc(OCC)cc4)oc3C)C=CN2N1. The molecule has 1 aromatic heterocycles. The van der Waals surface area contributed by atoms with Crippen molar-refractivity contribution in [2.24, 2.45) is 0 Å². The van der Waals surface area contributed by atoms with Gasteiger partial charge in [0.05, 0.1) is 25.8 Å². The van der Waals surface area contributed by atoms with Crippen LogP contribution in [0.3, 0.4) is 0 Å². The number of amides is 1. The third kappa shape index (κ3) is 5.34. The molecule has 1 N–H and O–H groups in total. The summed E-state index contributed by atoms with van der Waals surface area (Å²) in [6.07, 6.45) is 6.49. The summed E-state index contributed by atoms with van der Waals surface area (Å²) < 4.78 is 17.5. The average Bonchev–Trinajstić information content (AvgIpc) is 3.51. The van der Waals surface area contributed by atoms with Crippen LogP contribution in [0, 0.1) is 6.92 Å². The summed E-state index contributed by atoms with van der Waals surface area (Å²) in [7, 11) is 0. The molecule has 0 radical (unpaired) electrons. The number of hydrazine groups is 1. The van der Waals surface area contributed by atoms with Gasteiger partial charge in [-0.3, -0.25) is 4.79 Å². The second kappa shape index (κ2) is 11.1. The van der Waals surface area contributed by atoms with Crippen LogP contribution in [-0.2, 0) is 11.3 Å². The van der Waals surface area contributed by atoms with Crippen molar-refractivity contribution < 1.29 is 18.7 Å². The van der Waals surface area contributed by atoms with Gasteiger partial charge in [-0.15, -0.1) is 0 Å². The van der Waals surface area contributed by atoms with Crippen LogP contribution < -0.4 is 14.9 Å². The van der Waals surface area contributed by atoms with Crippen LogP contribution in [0.25, 0.3) is 11.5 Å². The van der Waals surface area contributed by atoms with Gasteiger partial charge in [-0.2, -0.15) is 0 Å². The van der Waals surface area contributed by atoms with Crippen molar-refractivity contribution in [3.63, 3.8) is 0 Å². The number of nitrogens with one attached hydrogen (secondary N) is 1. The van der Waals surface area contributed by atoms with Crippen LogP contribution in [0.1, 0.15) is 56.2 Å². The average molecular weight is 503 g/mol. The van der Waals surface area contributed by atoms with E-state index in [-0.39, 0.29) is 18.0 Å². The van der Waals surface area contributed by atoms with Crippen molar-refractivity contribution in [3.05, 3.63) is 77.9 Å². The molecule has 2 aromatic carbocycles. The maximum Gasteiger partial charge on any atom is 0.251 e. The zero-order chi connectivity index (χ0) is 25.8. The van der Waals surface area contributed by atoms with Gasteiger partial charge in [0.25, 0.3) is 5.91 Å². The minimum Gasteiger partial charge on any atom is -0.494 e. The van der Waals surface area contributed by atoms with E-state index in [1.165, 1.54) is 0 Å². The molecule has 3 heterocycles. The highest BCUT2D eigenvalue weighted by atomic mass is 16.5. The molecule has 1 fully saturated rings. The molecule has 8 nitrogen and oxygen atoms in total. The fourth-order valence-corrected chi connectivity index (χ4v) is 4.72. The van der Waals surface area contributed by atoms with Crippen molar-refractivity contribution in [2.45, 2.75) is 58.7 Å². The molecule has 1 amide bonds. The second-order valence-electron chi connectivity index (χ2n) is 9.32. The topological polar surface area (TPSA) is 80.1 Å². The lowest BCUT2D eigenvalue weighted by atomic mass is 10.00. The first-order valence-electron chi connectivity index (χ1n) is 13.0. The van der Waals surface area contributed by atoms with Gasteiger partial charge in [0.15, 0.2) is 0 Å². The summed E-state index contributed by atoms with van der Waals surface area (Å²) in [6, 6.07) is 15.4. The largest absolute Gasteiger partial charge is 0.494 e. The Labute approximate surface area is 217 Å². The first kappa shape index (κ1) is 24.9. The summed E-state index contributed by atoms with van der Waals surface area (Å²) in [5.74, 6) is 2.96. The fraction of sp³-hybridized carbons (Fsp3) is 0.379. The summed E-state index contributed by atoms with van der Waals surface area (Å²) in [5.41, 5.74) is 6.17. The maximum atomic E-state index is 13.5. The van der Waals surface area contributed by atoms with Gasteiger partial charge in [0.1, 0.15) is 29.0 Å². The van der Waals surface area contributed by atoms with E-state index >= 15 is 0 Å². The number of unbranched alkanes of at least 4 members (excludes halogenated alkanes) is 1. The summed E-state index contributed by atoms with van der Waals surface area (Å²) in [4.78, 5) is 19.9. The van der Waals surface area contributed by atoms with Crippen molar-refractivity contribution in [3.8, 4) is 23.0 Å². The number of benzene rings is 2. The number of oxazole rings is 1. The number of carbonyl (C=O) groups is 1. The van der Waals surface area contributed by atoms with E-state index in [2.05, 4.69) is 18.4 Å². The van der Waals surface area contributed by atoms with Gasteiger partial charge >= 0.3 is 0 Å². The van der Waals surface area contributed by atoms with Crippen molar-refractivity contribution >= 4 is 5.91 Å². The lowest BCUT2D eigenvalue weighted by molar-refractivity contribution is -0.135. The second-order valence-corrected chi connectivity index (χ2v) is 9.32. The minimum atomic E-state index is -0.295. The molecule has 0 bridgehead atoms. The van der Waals surface area contributed by atoms with Crippen molar-refractivity contribution in [1.82, 2.24) is 20.3 Å². The monoisotopic (exact) mass is 502 g/mol.